The minimum atomic E-state index is -3.92. The molecule has 0 unspecified atom stereocenters. The SMILES string of the molecule is CCNC(=O)[C@@H](C)OC(=O)c1cccc(S(=O)(=O)Nc2ccc(OC)cc2)c1. The Hall–Kier alpha value is -3.07. The number of rotatable bonds is 8. The lowest BCUT2D eigenvalue weighted by atomic mass is 10.2. The second-order valence-electron chi connectivity index (χ2n) is 5.80. The van der Waals surface area contributed by atoms with Crippen molar-refractivity contribution in [3.05, 3.63) is 54.1 Å². The number of anilines is 1. The van der Waals surface area contributed by atoms with Crippen LogP contribution in [0.2, 0.25) is 0 Å². The fraction of sp³-hybridized carbons (Fsp3) is 0.263. The minimum Gasteiger partial charge on any atom is -0.497 e. The van der Waals surface area contributed by atoms with E-state index in [0.29, 0.717) is 18.0 Å². The lowest BCUT2D eigenvalue weighted by Gasteiger charge is -2.13. The Morgan fingerprint density at radius 1 is 1.11 bits per heavy atom. The van der Waals surface area contributed by atoms with Crippen molar-refractivity contribution in [3.8, 4) is 5.75 Å². The van der Waals surface area contributed by atoms with Gasteiger partial charge in [-0.15, -0.1) is 0 Å². The van der Waals surface area contributed by atoms with E-state index in [9.17, 15) is 18.0 Å². The molecule has 28 heavy (non-hydrogen) atoms. The minimum absolute atomic E-state index is 0.0220. The summed E-state index contributed by atoms with van der Waals surface area (Å²) in [6.07, 6.45) is -0.995. The van der Waals surface area contributed by atoms with Crippen molar-refractivity contribution >= 4 is 27.6 Å². The molecule has 8 nitrogen and oxygen atoms in total. The summed E-state index contributed by atoms with van der Waals surface area (Å²) in [5.74, 6) is -0.630. The van der Waals surface area contributed by atoms with E-state index >= 15 is 0 Å². The standard InChI is InChI=1S/C19H22N2O6S/c1-4-20-18(22)13(2)27-19(23)14-6-5-7-17(12-14)28(24,25)21-15-8-10-16(26-3)11-9-15/h5-13,21H,4H2,1-3H3,(H,20,22)/t13-/m1/s1. The van der Waals surface area contributed by atoms with Gasteiger partial charge in [-0.05, 0) is 56.3 Å². The number of esters is 1. The Bertz CT molecular complexity index is 941. The highest BCUT2D eigenvalue weighted by Crippen LogP contribution is 2.20. The Labute approximate surface area is 163 Å². The number of hydrogen-bond acceptors (Lipinski definition) is 6. The first-order chi connectivity index (χ1) is 13.3. The van der Waals surface area contributed by atoms with E-state index in [1.807, 2.05) is 0 Å². The molecule has 0 radical (unpaired) electrons. The number of nitrogens with one attached hydrogen (secondary N) is 2. The third-order valence-electron chi connectivity index (χ3n) is 3.73. The summed E-state index contributed by atoms with van der Waals surface area (Å²) in [7, 11) is -2.41. The zero-order valence-corrected chi connectivity index (χ0v) is 16.6. The van der Waals surface area contributed by atoms with Crippen LogP contribution < -0.4 is 14.8 Å². The summed E-state index contributed by atoms with van der Waals surface area (Å²) in [4.78, 5) is 23.8. The van der Waals surface area contributed by atoms with Crippen molar-refractivity contribution in [2.45, 2.75) is 24.8 Å². The van der Waals surface area contributed by atoms with Crippen LogP contribution in [0.3, 0.4) is 0 Å². The van der Waals surface area contributed by atoms with E-state index < -0.39 is 28.0 Å². The third-order valence-corrected chi connectivity index (χ3v) is 5.11. The lowest BCUT2D eigenvalue weighted by Crippen LogP contribution is -2.35. The molecule has 9 heteroatoms. The number of amides is 1. The number of carbonyl (C=O) groups is 2. The molecular weight excluding hydrogens is 384 g/mol. The molecule has 150 valence electrons. The number of sulfonamides is 1. The average Bonchev–Trinajstić information content (AvgIpc) is 2.68. The van der Waals surface area contributed by atoms with E-state index in [0.717, 1.165) is 0 Å². The van der Waals surface area contributed by atoms with Gasteiger partial charge in [0.15, 0.2) is 6.10 Å². The zero-order valence-electron chi connectivity index (χ0n) is 15.8. The van der Waals surface area contributed by atoms with E-state index in [1.54, 1.807) is 31.2 Å². The van der Waals surface area contributed by atoms with Gasteiger partial charge < -0.3 is 14.8 Å². The summed E-state index contributed by atoms with van der Waals surface area (Å²) in [6.45, 7) is 3.59. The molecule has 0 aliphatic carbocycles. The van der Waals surface area contributed by atoms with E-state index in [4.69, 9.17) is 9.47 Å². The molecule has 2 aromatic carbocycles. The van der Waals surface area contributed by atoms with Gasteiger partial charge in [0, 0.05) is 12.2 Å². The van der Waals surface area contributed by atoms with E-state index in [-0.39, 0.29) is 10.5 Å². The monoisotopic (exact) mass is 406 g/mol. The van der Waals surface area contributed by atoms with Crippen molar-refractivity contribution in [2.75, 3.05) is 18.4 Å². The Morgan fingerprint density at radius 2 is 1.79 bits per heavy atom. The van der Waals surface area contributed by atoms with Gasteiger partial charge in [0.1, 0.15) is 5.75 Å². The summed E-state index contributed by atoms with van der Waals surface area (Å²) >= 11 is 0. The van der Waals surface area contributed by atoms with Gasteiger partial charge in [0.25, 0.3) is 15.9 Å². The van der Waals surface area contributed by atoms with Crippen LogP contribution >= 0.6 is 0 Å². The van der Waals surface area contributed by atoms with Gasteiger partial charge in [0.05, 0.1) is 17.6 Å². The summed E-state index contributed by atoms with van der Waals surface area (Å²) in [5.41, 5.74) is 0.368. The first kappa shape index (κ1) is 21.2. The Kier molecular flexibility index (Phi) is 7.00. The molecule has 1 atom stereocenters. The molecular formula is C19H22N2O6S. The molecule has 0 saturated carbocycles. The molecule has 0 bridgehead atoms. The van der Waals surface area contributed by atoms with Crippen LogP contribution in [0.1, 0.15) is 24.2 Å². The number of hydrogen-bond donors (Lipinski definition) is 2. The molecule has 0 aromatic heterocycles. The largest absolute Gasteiger partial charge is 0.497 e. The molecule has 0 spiro atoms. The zero-order chi connectivity index (χ0) is 20.7. The number of methoxy groups -OCH3 is 1. The van der Waals surface area contributed by atoms with Gasteiger partial charge in [-0.2, -0.15) is 0 Å². The number of carbonyl (C=O) groups excluding carboxylic acids is 2. The van der Waals surface area contributed by atoms with Gasteiger partial charge >= 0.3 is 5.97 Å². The fourth-order valence-corrected chi connectivity index (χ4v) is 3.37. The number of ether oxygens (including phenoxy) is 2. The maximum absolute atomic E-state index is 12.6. The van der Waals surface area contributed by atoms with Crippen molar-refractivity contribution < 1.29 is 27.5 Å². The smallest absolute Gasteiger partial charge is 0.338 e. The lowest BCUT2D eigenvalue weighted by molar-refractivity contribution is -0.128. The van der Waals surface area contributed by atoms with Crippen LogP contribution in [0, 0.1) is 0 Å². The number of benzene rings is 2. The molecule has 0 heterocycles. The molecule has 0 aliphatic rings. The van der Waals surface area contributed by atoms with Crippen molar-refractivity contribution in [3.63, 3.8) is 0 Å². The van der Waals surface area contributed by atoms with Crippen LogP contribution in [0.4, 0.5) is 5.69 Å². The highest BCUT2D eigenvalue weighted by molar-refractivity contribution is 7.92. The summed E-state index contributed by atoms with van der Waals surface area (Å²) in [6, 6.07) is 11.7. The highest BCUT2D eigenvalue weighted by atomic mass is 32.2. The summed E-state index contributed by atoms with van der Waals surface area (Å²) in [5, 5.41) is 2.54. The highest BCUT2D eigenvalue weighted by Gasteiger charge is 2.21. The van der Waals surface area contributed by atoms with Gasteiger partial charge in [-0.1, -0.05) is 6.07 Å². The van der Waals surface area contributed by atoms with Crippen molar-refractivity contribution in [1.29, 1.82) is 0 Å². The second-order valence-corrected chi connectivity index (χ2v) is 7.49. The second kappa shape index (κ2) is 9.23. The van der Waals surface area contributed by atoms with E-state index in [1.165, 1.54) is 38.3 Å². The summed E-state index contributed by atoms with van der Waals surface area (Å²) < 4.78 is 37.7. The topological polar surface area (TPSA) is 111 Å². The van der Waals surface area contributed by atoms with Gasteiger partial charge in [-0.25, -0.2) is 13.2 Å². The molecule has 2 N–H and O–H groups in total. The predicted octanol–water partition coefficient (Wildman–Crippen LogP) is 2.18. The molecule has 2 rings (SSSR count). The quantitative estimate of drug-likeness (QED) is 0.650. The van der Waals surface area contributed by atoms with Crippen LogP contribution in [0.5, 0.6) is 5.75 Å². The van der Waals surface area contributed by atoms with Crippen LogP contribution in [-0.4, -0.2) is 40.1 Å². The first-order valence-electron chi connectivity index (χ1n) is 8.52. The normalized spacial score (nSPS) is 12.0. The molecule has 0 aliphatic heterocycles. The van der Waals surface area contributed by atoms with Crippen LogP contribution in [0.25, 0.3) is 0 Å². The fourth-order valence-electron chi connectivity index (χ4n) is 2.26. The van der Waals surface area contributed by atoms with E-state index in [2.05, 4.69) is 10.0 Å². The molecule has 0 fully saturated rings. The molecule has 2 aromatic rings. The Morgan fingerprint density at radius 3 is 2.39 bits per heavy atom. The van der Waals surface area contributed by atoms with Crippen molar-refractivity contribution in [1.82, 2.24) is 5.32 Å². The Balaban J connectivity index is 2.16. The number of likely N-dealkylation sites (N-methyl/N-ethyl adjacent to an activating group) is 1. The predicted molar refractivity (Wildman–Crippen MR) is 104 cm³/mol. The van der Waals surface area contributed by atoms with Crippen molar-refractivity contribution in [2.24, 2.45) is 0 Å². The first-order valence-corrected chi connectivity index (χ1v) is 10.0. The molecule has 0 saturated heterocycles. The average molecular weight is 406 g/mol. The maximum Gasteiger partial charge on any atom is 0.338 e. The van der Waals surface area contributed by atoms with Gasteiger partial charge in [0.2, 0.25) is 0 Å². The van der Waals surface area contributed by atoms with Crippen LogP contribution in [0.15, 0.2) is 53.4 Å². The maximum atomic E-state index is 12.6. The molecule has 1 amide bonds. The van der Waals surface area contributed by atoms with Crippen LogP contribution in [-0.2, 0) is 19.6 Å². The van der Waals surface area contributed by atoms with Gasteiger partial charge in [-0.3, -0.25) is 9.52 Å². The third kappa shape index (κ3) is 5.46.